The number of halogens is 2. The number of para-hydroxylation sites is 1. The fraction of sp³-hybridized carbons (Fsp3) is 0.111. The number of carbonyl (C=O) groups is 1. The van der Waals surface area contributed by atoms with Crippen LogP contribution in [-0.2, 0) is 6.61 Å². The van der Waals surface area contributed by atoms with Gasteiger partial charge in [-0.25, -0.2) is 4.98 Å². The summed E-state index contributed by atoms with van der Waals surface area (Å²) in [6.45, 7) is 2.18. The number of aryl methyl sites for hydroxylation is 1. The van der Waals surface area contributed by atoms with Crippen LogP contribution in [0.3, 0.4) is 0 Å². The predicted octanol–water partition coefficient (Wildman–Crippen LogP) is 5.59. The molecule has 3 rings (SSSR count). The molecule has 0 saturated carbocycles. The van der Waals surface area contributed by atoms with Crippen molar-refractivity contribution in [2.45, 2.75) is 13.5 Å². The normalized spacial score (nSPS) is 10.5. The second-order valence-electron chi connectivity index (χ2n) is 5.28. The lowest BCUT2D eigenvalue weighted by atomic mass is 10.1. The Morgan fingerprint density at radius 3 is 2.44 bits per heavy atom. The standard InChI is InChI=1S/C18H14Cl2N2O2S/c1-11-10-25-18(21-11)22-17(23)13-7-5-12(6-8-13)9-24-16-14(19)3-2-4-15(16)20/h2-8,10H,9H2,1H3,(H,21,22,23). The molecule has 128 valence electrons. The molecule has 0 aliphatic rings. The number of hydrogen-bond donors (Lipinski definition) is 1. The summed E-state index contributed by atoms with van der Waals surface area (Å²) in [7, 11) is 0. The van der Waals surface area contributed by atoms with Crippen molar-refractivity contribution in [1.82, 2.24) is 4.98 Å². The maximum Gasteiger partial charge on any atom is 0.257 e. The maximum absolute atomic E-state index is 12.2. The molecule has 0 saturated heterocycles. The van der Waals surface area contributed by atoms with E-state index in [1.165, 1.54) is 11.3 Å². The maximum atomic E-state index is 12.2. The summed E-state index contributed by atoms with van der Waals surface area (Å²) >= 11 is 13.5. The van der Waals surface area contributed by atoms with Crippen molar-refractivity contribution in [2.75, 3.05) is 5.32 Å². The highest BCUT2D eigenvalue weighted by atomic mass is 35.5. The highest BCUT2D eigenvalue weighted by Crippen LogP contribution is 2.32. The number of benzene rings is 2. The minimum atomic E-state index is -0.198. The lowest BCUT2D eigenvalue weighted by Gasteiger charge is -2.10. The van der Waals surface area contributed by atoms with E-state index < -0.39 is 0 Å². The van der Waals surface area contributed by atoms with E-state index in [0.29, 0.717) is 33.1 Å². The van der Waals surface area contributed by atoms with Crippen LogP contribution in [-0.4, -0.2) is 10.9 Å². The molecule has 25 heavy (non-hydrogen) atoms. The molecule has 0 bridgehead atoms. The van der Waals surface area contributed by atoms with Gasteiger partial charge in [-0.3, -0.25) is 10.1 Å². The number of amides is 1. The molecule has 2 aromatic carbocycles. The van der Waals surface area contributed by atoms with Crippen LogP contribution in [0.5, 0.6) is 5.75 Å². The topological polar surface area (TPSA) is 51.2 Å². The van der Waals surface area contributed by atoms with Crippen LogP contribution < -0.4 is 10.1 Å². The first kappa shape index (κ1) is 17.7. The number of rotatable bonds is 5. The van der Waals surface area contributed by atoms with E-state index in [1.54, 1.807) is 30.3 Å². The fourth-order valence-corrected chi connectivity index (χ4v) is 3.30. The first-order valence-corrected chi connectivity index (χ1v) is 9.06. The zero-order valence-electron chi connectivity index (χ0n) is 13.3. The number of thiazole rings is 1. The Bertz CT molecular complexity index is 874. The summed E-state index contributed by atoms with van der Waals surface area (Å²) in [5.41, 5.74) is 2.33. The van der Waals surface area contributed by atoms with Crippen molar-refractivity contribution < 1.29 is 9.53 Å². The molecule has 1 amide bonds. The molecule has 0 atom stereocenters. The van der Waals surface area contributed by atoms with E-state index in [0.717, 1.165) is 11.3 Å². The van der Waals surface area contributed by atoms with Gasteiger partial charge in [0.15, 0.2) is 10.9 Å². The van der Waals surface area contributed by atoms with Gasteiger partial charge in [0.05, 0.1) is 15.7 Å². The Kier molecular flexibility index (Phi) is 5.58. The number of ether oxygens (including phenoxy) is 1. The third-order valence-corrected chi connectivity index (χ3v) is 4.83. The predicted molar refractivity (Wildman–Crippen MR) is 102 cm³/mol. The molecule has 1 heterocycles. The minimum absolute atomic E-state index is 0.198. The number of aromatic nitrogens is 1. The minimum Gasteiger partial charge on any atom is -0.486 e. The van der Waals surface area contributed by atoms with Crippen molar-refractivity contribution in [2.24, 2.45) is 0 Å². The first-order chi connectivity index (χ1) is 12.0. The van der Waals surface area contributed by atoms with Crippen molar-refractivity contribution in [3.63, 3.8) is 0 Å². The van der Waals surface area contributed by atoms with Crippen molar-refractivity contribution in [3.8, 4) is 5.75 Å². The summed E-state index contributed by atoms with van der Waals surface area (Å²) < 4.78 is 5.68. The Balaban J connectivity index is 1.63. The fourth-order valence-electron chi connectivity index (χ4n) is 2.11. The second kappa shape index (κ2) is 7.87. The average molecular weight is 393 g/mol. The summed E-state index contributed by atoms with van der Waals surface area (Å²) in [5, 5.41) is 6.17. The van der Waals surface area contributed by atoms with Crippen LogP contribution in [0.4, 0.5) is 5.13 Å². The third-order valence-electron chi connectivity index (χ3n) is 3.36. The number of anilines is 1. The van der Waals surface area contributed by atoms with Gasteiger partial charge < -0.3 is 4.74 Å². The molecule has 1 N–H and O–H groups in total. The van der Waals surface area contributed by atoms with Crippen LogP contribution in [0.15, 0.2) is 47.8 Å². The van der Waals surface area contributed by atoms with Crippen LogP contribution in [0.2, 0.25) is 10.0 Å². The van der Waals surface area contributed by atoms with E-state index in [9.17, 15) is 4.79 Å². The molecule has 0 aliphatic carbocycles. The highest BCUT2D eigenvalue weighted by Gasteiger charge is 2.10. The molecule has 0 radical (unpaired) electrons. The molecular weight excluding hydrogens is 379 g/mol. The average Bonchev–Trinajstić information content (AvgIpc) is 3.00. The Morgan fingerprint density at radius 1 is 1.16 bits per heavy atom. The smallest absolute Gasteiger partial charge is 0.257 e. The van der Waals surface area contributed by atoms with Gasteiger partial charge in [0.1, 0.15) is 6.61 Å². The van der Waals surface area contributed by atoms with Gasteiger partial charge >= 0.3 is 0 Å². The molecule has 0 spiro atoms. The van der Waals surface area contributed by atoms with Crippen LogP contribution >= 0.6 is 34.5 Å². The number of nitrogens with one attached hydrogen (secondary N) is 1. The summed E-state index contributed by atoms with van der Waals surface area (Å²) in [4.78, 5) is 16.4. The molecule has 7 heteroatoms. The monoisotopic (exact) mass is 392 g/mol. The summed E-state index contributed by atoms with van der Waals surface area (Å²) in [5.74, 6) is 0.253. The summed E-state index contributed by atoms with van der Waals surface area (Å²) in [6, 6.07) is 12.3. The van der Waals surface area contributed by atoms with E-state index >= 15 is 0 Å². The number of nitrogens with zero attached hydrogens (tertiary/aromatic N) is 1. The van der Waals surface area contributed by atoms with Gasteiger partial charge in [-0.1, -0.05) is 41.4 Å². The van der Waals surface area contributed by atoms with Crippen molar-refractivity contribution >= 4 is 45.6 Å². The molecule has 0 aliphatic heterocycles. The Labute approximate surface area is 159 Å². The van der Waals surface area contributed by atoms with Gasteiger partial charge in [-0.05, 0) is 36.8 Å². The lowest BCUT2D eigenvalue weighted by Crippen LogP contribution is -2.11. The quantitative estimate of drug-likeness (QED) is 0.615. The van der Waals surface area contributed by atoms with E-state index in [2.05, 4.69) is 10.3 Å². The number of hydrogen-bond acceptors (Lipinski definition) is 4. The molecule has 3 aromatic rings. The van der Waals surface area contributed by atoms with E-state index in [4.69, 9.17) is 27.9 Å². The third kappa shape index (κ3) is 4.51. The highest BCUT2D eigenvalue weighted by molar-refractivity contribution is 7.13. The van der Waals surface area contributed by atoms with Crippen molar-refractivity contribution in [3.05, 3.63) is 74.7 Å². The second-order valence-corrected chi connectivity index (χ2v) is 6.96. The molecule has 4 nitrogen and oxygen atoms in total. The number of carbonyl (C=O) groups excluding carboxylic acids is 1. The Hall–Kier alpha value is -2.08. The lowest BCUT2D eigenvalue weighted by molar-refractivity contribution is 0.102. The molecule has 0 unspecified atom stereocenters. The molecule has 1 aromatic heterocycles. The largest absolute Gasteiger partial charge is 0.486 e. The first-order valence-electron chi connectivity index (χ1n) is 7.42. The van der Waals surface area contributed by atoms with Gasteiger partial charge in [0, 0.05) is 10.9 Å². The van der Waals surface area contributed by atoms with Crippen molar-refractivity contribution in [1.29, 1.82) is 0 Å². The van der Waals surface area contributed by atoms with Gasteiger partial charge in [-0.15, -0.1) is 11.3 Å². The van der Waals surface area contributed by atoms with Crippen LogP contribution in [0.1, 0.15) is 21.6 Å². The zero-order chi connectivity index (χ0) is 17.8. The van der Waals surface area contributed by atoms with Gasteiger partial charge in [0.2, 0.25) is 0 Å². The van der Waals surface area contributed by atoms with Crippen LogP contribution in [0, 0.1) is 6.92 Å². The van der Waals surface area contributed by atoms with Gasteiger partial charge in [-0.2, -0.15) is 0 Å². The van der Waals surface area contributed by atoms with Crippen LogP contribution in [0.25, 0.3) is 0 Å². The zero-order valence-corrected chi connectivity index (χ0v) is 15.6. The Morgan fingerprint density at radius 2 is 1.84 bits per heavy atom. The summed E-state index contributed by atoms with van der Waals surface area (Å²) in [6.07, 6.45) is 0. The van der Waals surface area contributed by atoms with E-state index in [1.807, 2.05) is 24.4 Å². The van der Waals surface area contributed by atoms with Gasteiger partial charge in [0.25, 0.3) is 5.91 Å². The molecule has 0 fully saturated rings. The van der Waals surface area contributed by atoms with E-state index in [-0.39, 0.29) is 5.91 Å². The molecular formula is C18H14Cl2N2O2S. The SMILES string of the molecule is Cc1csc(NC(=O)c2ccc(COc3c(Cl)cccc3Cl)cc2)n1.